The minimum absolute atomic E-state index is 0.0200. The van der Waals surface area contributed by atoms with Gasteiger partial charge in [-0.05, 0) is 31.2 Å². The van der Waals surface area contributed by atoms with Crippen molar-refractivity contribution in [3.05, 3.63) is 75.3 Å². The second kappa shape index (κ2) is 7.14. The highest BCUT2D eigenvalue weighted by atomic mass is 32.1. The summed E-state index contributed by atoms with van der Waals surface area (Å²) < 4.78 is 7.26. The Hall–Kier alpha value is -2.86. The maximum absolute atomic E-state index is 12.3. The third-order valence-corrected chi connectivity index (χ3v) is 4.29. The first-order valence-corrected chi connectivity index (χ1v) is 8.28. The average Bonchev–Trinajstić information content (AvgIpc) is 2.89. The molecular weight excluding hydrogens is 324 g/mol. The number of aryl methyl sites for hydroxylation is 1. The van der Waals surface area contributed by atoms with Gasteiger partial charge in [0.2, 0.25) is 5.91 Å². The average molecular weight is 340 g/mol. The van der Waals surface area contributed by atoms with Crippen molar-refractivity contribution < 1.29 is 9.53 Å². The number of para-hydroxylation sites is 3. The molecule has 0 saturated heterocycles. The number of anilines is 1. The lowest BCUT2D eigenvalue weighted by Crippen LogP contribution is -2.25. The van der Waals surface area contributed by atoms with Crippen LogP contribution in [0.3, 0.4) is 0 Å². The van der Waals surface area contributed by atoms with Crippen LogP contribution < -0.4 is 14.9 Å². The molecule has 0 fully saturated rings. The molecule has 1 heterocycles. The molecule has 3 rings (SSSR count). The van der Waals surface area contributed by atoms with E-state index in [1.807, 2.05) is 42.5 Å². The number of carbonyl (C=O) groups is 1. The fourth-order valence-electron chi connectivity index (χ4n) is 2.20. The summed E-state index contributed by atoms with van der Waals surface area (Å²) in [6, 6.07) is 16.5. The van der Waals surface area contributed by atoms with Crippen LogP contribution in [0.25, 0.3) is 0 Å². The van der Waals surface area contributed by atoms with Gasteiger partial charge in [-0.2, -0.15) is 0 Å². The Labute approximate surface area is 143 Å². The van der Waals surface area contributed by atoms with Crippen LogP contribution in [-0.2, 0) is 11.3 Å². The number of rotatable bonds is 5. The molecule has 1 N–H and O–H groups in total. The zero-order chi connectivity index (χ0) is 16.9. The summed E-state index contributed by atoms with van der Waals surface area (Å²) in [4.78, 5) is 23.8. The first-order valence-electron chi connectivity index (χ1n) is 7.40. The zero-order valence-corrected chi connectivity index (χ0v) is 13.9. The monoisotopic (exact) mass is 340 g/mol. The quantitative estimate of drug-likeness (QED) is 0.771. The lowest BCUT2D eigenvalue weighted by atomic mass is 10.3. The highest BCUT2D eigenvalue weighted by molar-refractivity contribution is 7.07. The number of hydrogen-bond donors (Lipinski definition) is 1. The summed E-state index contributed by atoms with van der Waals surface area (Å²) in [5.41, 5.74) is 1.33. The van der Waals surface area contributed by atoms with Crippen LogP contribution in [0.4, 0.5) is 5.69 Å². The number of benzene rings is 2. The molecule has 1 aromatic heterocycles. The number of aromatic nitrogens is 1. The molecule has 5 nitrogen and oxygen atoms in total. The smallest absolute Gasteiger partial charge is 0.307 e. The molecule has 0 aliphatic heterocycles. The van der Waals surface area contributed by atoms with Crippen LogP contribution in [0.15, 0.2) is 64.8 Å². The van der Waals surface area contributed by atoms with Crippen LogP contribution in [-0.4, -0.2) is 10.5 Å². The van der Waals surface area contributed by atoms with Gasteiger partial charge in [0.1, 0.15) is 12.3 Å². The molecule has 0 atom stereocenters. The molecule has 2 aromatic carbocycles. The van der Waals surface area contributed by atoms with E-state index in [1.165, 1.54) is 4.57 Å². The van der Waals surface area contributed by atoms with Crippen molar-refractivity contribution >= 4 is 22.9 Å². The topological polar surface area (TPSA) is 60.3 Å². The first-order chi connectivity index (χ1) is 11.6. The molecule has 1 amide bonds. The fraction of sp³-hybridized carbons (Fsp3) is 0.111. The van der Waals surface area contributed by atoms with Crippen molar-refractivity contribution in [3.63, 3.8) is 0 Å². The van der Waals surface area contributed by atoms with Gasteiger partial charge in [0, 0.05) is 11.1 Å². The minimum Gasteiger partial charge on any atom is -0.455 e. The van der Waals surface area contributed by atoms with Gasteiger partial charge in [0.05, 0.1) is 5.69 Å². The van der Waals surface area contributed by atoms with E-state index in [1.54, 1.807) is 24.4 Å². The minimum atomic E-state index is -0.275. The fourth-order valence-corrected chi connectivity index (χ4v) is 2.94. The van der Waals surface area contributed by atoms with Crippen LogP contribution in [0.1, 0.15) is 5.69 Å². The van der Waals surface area contributed by atoms with Gasteiger partial charge in [-0.1, -0.05) is 41.7 Å². The summed E-state index contributed by atoms with van der Waals surface area (Å²) in [6.07, 6.45) is 0. The Balaban J connectivity index is 1.75. The van der Waals surface area contributed by atoms with E-state index in [4.69, 9.17) is 4.74 Å². The predicted molar refractivity (Wildman–Crippen MR) is 94.9 cm³/mol. The Morgan fingerprint density at radius 3 is 2.54 bits per heavy atom. The largest absolute Gasteiger partial charge is 0.455 e. The SMILES string of the molecule is Cc1csc(=O)n1CC(=O)Nc1ccccc1Oc1ccccc1. The van der Waals surface area contributed by atoms with E-state index >= 15 is 0 Å². The summed E-state index contributed by atoms with van der Waals surface area (Å²) in [6.45, 7) is 1.78. The zero-order valence-electron chi connectivity index (χ0n) is 13.1. The number of nitrogens with zero attached hydrogens (tertiary/aromatic N) is 1. The lowest BCUT2D eigenvalue weighted by molar-refractivity contribution is -0.116. The van der Waals surface area contributed by atoms with Crippen LogP contribution in [0.5, 0.6) is 11.5 Å². The van der Waals surface area contributed by atoms with Crippen molar-refractivity contribution in [1.29, 1.82) is 0 Å². The molecule has 3 aromatic rings. The lowest BCUT2D eigenvalue weighted by Gasteiger charge is -2.12. The first kappa shape index (κ1) is 16.0. The number of hydrogen-bond acceptors (Lipinski definition) is 4. The van der Waals surface area contributed by atoms with Crippen molar-refractivity contribution in [1.82, 2.24) is 4.57 Å². The molecule has 0 unspecified atom stereocenters. The van der Waals surface area contributed by atoms with Crippen molar-refractivity contribution in [2.24, 2.45) is 0 Å². The molecule has 122 valence electrons. The maximum atomic E-state index is 12.3. The third-order valence-electron chi connectivity index (χ3n) is 3.41. The molecule has 0 saturated carbocycles. The van der Waals surface area contributed by atoms with Gasteiger partial charge in [-0.15, -0.1) is 0 Å². The van der Waals surface area contributed by atoms with Gasteiger partial charge in [-0.25, -0.2) is 0 Å². The van der Waals surface area contributed by atoms with E-state index in [0.29, 0.717) is 17.2 Å². The second-order valence-electron chi connectivity index (χ2n) is 5.19. The van der Waals surface area contributed by atoms with Crippen LogP contribution >= 0.6 is 11.3 Å². The predicted octanol–water partition coefficient (Wildman–Crippen LogP) is 3.65. The van der Waals surface area contributed by atoms with Gasteiger partial charge in [0.25, 0.3) is 0 Å². The summed E-state index contributed by atoms with van der Waals surface area (Å²) in [7, 11) is 0. The highest BCUT2D eigenvalue weighted by Gasteiger charge is 2.11. The summed E-state index contributed by atoms with van der Waals surface area (Å²) in [5, 5.41) is 4.54. The Kier molecular flexibility index (Phi) is 4.77. The molecule has 0 aliphatic rings. The van der Waals surface area contributed by atoms with Crippen molar-refractivity contribution in [2.75, 3.05) is 5.32 Å². The summed E-state index contributed by atoms with van der Waals surface area (Å²) in [5.74, 6) is 0.957. The van der Waals surface area contributed by atoms with E-state index in [2.05, 4.69) is 5.32 Å². The molecular formula is C18H16N2O3S. The number of amides is 1. The Morgan fingerprint density at radius 1 is 1.12 bits per heavy atom. The third kappa shape index (κ3) is 3.72. The standard InChI is InChI=1S/C18H16N2O3S/c1-13-12-24-18(22)20(13)11-17(21)19-15-9-5-6-10-16(15)23-14-7-3-2-4-8-14/h2-10,12H,11H2,1H3,(H,19,21). The van der Waals surface area contributed by atoms with Gasteiger partial charge in [-0.3, -0.25) is 14.2 Å². The molecule has 6 heteroatoms. The van der Waals surface area contributed by atoms with Crippen LogP contribution in [0, 0.1) is 6.92 Å². The summed E-state index contributed by atoms with van der Waals surface area (Å²) >= 11 is 1.09. The maximum Gasteiger partial charge on any atom is 0.307 e. The number of nitrogens with one attached hydrogen (secondary N) is 1. The molecule has 0 bridgehead atoms. The van der Waals surface area contributed by atoms with Crippen molar-refractivity contribution in [2.45, 2.75) is 13.5 Å². The molecule has 0 radical (unpaired) electrons. The molecule has 0 aliphatic carbocycles. The van der Waals surface area contributed by atoms with Crippen LogP contribution in [0.2, 0.25) is 0 Å². The van der Waals surface area contributed by atoms with Gasteiger partial charge < -0.3 is 10.1 Å². The van der Waals surface area contributed by atoms with E-state index in [9.17, 15) is 9.59 Å². The second-order valence-corrected chi connectivity index (χ2v) is 6.01. The van der Waals surface area contributed by atoms with Crippen molar-refractivity contribution in [3.8, 4) is 11.5 Å². The normalized spacial score (nSPS) is 10.4. The molecule has 24 heavy (non-hydrogen) atoms. The number of ether oxygens (including phenoxy) is 1. The van der Waals surface area contributed by atoms with Gasteiger partial charge >= 0.3 is 4.87 Å². The Morgan fingerprint density at radius 2 is 1.83 bits per heavy atom. The van der Waals surface area contributed by atoms with E-state index in [0.717, 1.165) is 17.0 Å². The van der Waals surface area contributed by atoms with Gasteiger partial charge in [0.15, 0.2) is 5.75 Å². The van der Waals surface area contributed by atoms with E-state index < -0.39 is 0 Å². The number of thiazole rings is 1. The molecule has 0 spiro atoms. The number of carbonyl (C=O) groups excluding carboxylic acids is 1. The highest BCUT2D eigenvalue weighted by Crippen LogP contribution is 2.29. The Bertz CT molecular complexity index is 900. The van der Waals surface area contributed by atoms with E-state index in [-0.39, 0.29) is 17.3 Å².